The van der Waals surface area contributed by atoms with Gasteiger partial charge < -0.3 is 5.11 Å². The zero-order chi connectivity index (χ0) is 12.7. The van der Waals surface area contributed by atoms with Gasteiger partial charge in [0.2, 0.25) is 0 Å². The first-order valence-corrected chi connectivity index (χ1v) is 7.02. The van der Waals surface area contributed by atoms with Crippen molar-refractivity contribution in [2.75, 3.05) is 0 Å². The fourth-order valence-corrected chi connectivity index (χ4v) is 2.73. The molecule has 0 atom stereocenters. The second-order valence-corrected chi connectivity index (χ2v) is 5.75. The van der Waals surface area contributed by atoms with Gasteiger partial charge in [-0.05, 0) is 31.0 Å². The van der Waals surface area contributed by atoms with E-state index in [1.165, 1.54) is 0 Å². The predicted molar refractivity (Wildman–Crippen MR) is 74.2 cm³/mol. The predicted octanol–water partition coefficient (Wildman–Crippen LogP) is 3.66. The number of benzene rings is 1. The van der Waals surface area contributed by atoms with Crippen LogP contribution >= 0.6 is 27.5 Å². The quantitative estimate of drug-likeness (QED) is 0.934. The second kappa shape index (κ2) is 4.68. The molecule has 1 aromatic heterocycles. The molecule has 0 spiro atoms. The second-order valence-electron chi connectivity index (χ2n) is 4.48. The zero-order valence-corrected chi connectivity index (χ0v) is 11.9. The molecule has 0 radical (unpaired) electrons. The van der Waals surface area contributed by atoms with Gasteiger partial charge in [-0.3, -0.25) is 0 Å². The molecule has 1 heterocycles. The average Bonchev–Trinajstić information content (AvgIpc) is 3.13. The van der Waals surface area contributed by atoms with Gasteiger partial charge in [-0.1, -0.05) is 33.6 Å². The van der Waals surface area contributed by atoms with Crippen molar-refractivity contribution in [1.29, 1.82) is 0 Å². The zero-order valence-electron chi connectivity index (χ0n) is 9.61. The number of aliphatic hydroxyl groups is 1. The van der Waals surface area contributed by atoms with E-state index in [0.717, 1.165) is 34.3 Å². The van der Waals surface area contributed by atoms with Crippen molar-refractivity contribution in [3.63, 3.8) is 0 Å². The number of aromatic nitrogens is 2. The number of hydrogen-bond donors (Lipinski definition) is 1. The van der Waals surface area contributed by atoms with Crippen LogP contribution in [0.4, 0.5) is 0 Å². The standard InChI is InChI=1S/C13H12BrClN2O/c14-9-2-1-3-10(6-9)17-13(15)11(7-18)12(16-17)8-4-5-8/h1-3,6,8,18H,4-5,7H2. The van der Waals surface area contributed by atoms with Gasteiger partial charge in [-0.25, -0.2) is 4.68 Å². The SMILES string of the molecule is OCc1c(C2CC2)nn(-c2cccc(Br)c2)c1Cl. The minimum Gasteiger partial charge on any atom is -0.391 e. The third-order valence-corrected chi connectivity index (χ3v) is 4.01. The molecule has 5 heteroatoms. The largest absolute Gasteiger partial charge is 0.391 e. The van der Waals surface area contributed by atoms with Gasteiger partial charge in [-0.15, -0.1) is 0 Å². The van der Waals surface area contributed by atoms with Gasteiger partial charge in [0, 0.05) is 16.0 Å². The third-order valence-electron chi connectivity index (χ3n) is 3.13. The van der Waals surface area contributed by atoms with Crippen LogP contribution in [0.15, 0.2) is 28.7 Å². The van der Waals surface area contributed by atoms with Gasteiger partial charge in [0.1, 0.15) is 5.15 Å². The first-order valence-electron chi connectivity index (χ1n) is 5.85. The van der Waals surface area contributed by atoms with Crippen LogP contribution in [0.5, 0.6) is 0 Å². The summed E-state index contributed by atoms with van der Waals surface area (Å²) in [5, 5.41) is 14.5. The summed E-state index contributed by atoms with van der Waals surface area (Å²) < 4.78 is 2.68. The molecule has 94 valence electrons. The van der Waals surface area contributed by atoms with E-state index in [2.05, 4.69) is 21.0 Å². The van der Waals surface area contributed by atoms with E-state index in [1.807, 2.05) is 24.3 Å². The Morgan fingerprint density at radius 2 is 2.22 bits per heavy atom. The number of aliphatic hydroxyl groups excluding tert-OH is 1. The Bertz CT molecular complexity index is 593. The maximum Gasteiger partial charge on any atom is 0.138 e. The van der Waals surface area contributed by atoms with Crippen LogP contribution < -0.4 is 0 Å². The van der Waals surface area contributed by atoms with E-state index in [9.17, 15) is 5.11 Å². The molecule has 0 unspecified atom stereocenters. The van der Waals surface area contributed by atoms with E-state index in [0.29, 0.717) is 11.1 Å². The highest BCUT2D eigenvalue weighted by atomic mass is 79.9. The van der Waals surface area contributed by atoms with Crippen LogP contribution in [-0.4, -0.2) is 14.9 Å². The maximum atomic E-state index is 9.44. The lowest BCUT2D eigenvalue weighted by molar-refractivity contribution is 0.280. The summed E-state index contributed by atoms with van der Waals surface area (Å²) >= 11 is 9.75. The fraction of sp³-hybridized carbons (Fsp3) is 0.308. The summed E-state index contributed by atoms with van der Waals surface area (Å²) in [6, 6.07) is 7.79. The molecule has 1 N–H and O–H groups in total. The van der Waals surface area contributed by atoms with Crippen molar-refractivity contribution >= 4 is 27.5 Å². The van der Waals surface area contributed by atoms with Gasteiger partial charge >= 0.3 is 0 Å². The Labute approximate surface area is 119 Å². The Morgan fingerprint density at radius 1 is 1.44 bits per heavy atom. The number of rotatable bonds is 3. The van der Waals surface area contributed by atoms with Crippen molar-refractivity contribution < 1.29 is 5.11 Å². The fourth-order valence-electron chi connectivity index (χ4n) is 2.06. The normalized spacial score (nSPS) is 15.1. The summed E-state index contributed by atoms with van der Waals surface area (Å²) in [5.74, 6) is 0.470. The summed E-state index contributed by atoms with van der Waals surface area (Å²) in [6.07, 6.45) is 2.28. The third kappa shape index (κ3) is 2.09. The van der Waals surface area contributed by atoms with E-state index < -0.39 is 0 Å². The Balaban J connectivity index is 2.12. The molecular weight excluding hydrogens is 316 g/mol. The Hall–Kier alpha value is -0.840. The van der Waals surface area contributed by atoms with E-state index in [4.69, 9.17) is 11.6 Å². The summed E-state index contributed by atoms with van der Waals surface area (Å²) in [5.41, 5.74) is 2.61. The molecule has 0 aliphatic heterocycles. The van der Waals surface area contributed by atoms with E-state index in [-0.39, 0.29) is 6.61 Å². The molecule has 1 aromatic carbocycles. The summed E-state index contributed by atoms with van der Waals surface area (Å²) in [6.45, 7) is -0.0569. The van der Waals surface area contributed by atoms with Gasteiger partial charge in [-0.2, -0.15) is 5.10 Å². The van der Waals surface area contributed by atoms with Crippen molar-refractivity contribution in [2.24, 2.45) is 0 Å². The molecule has 18 heavy (non-hydrogen) atoms. The number of halogens is 2. The maximum absolute atomic E-state index is 9.44. The van der Waals surface area contributed by atoms with Crippen LogP contribution in [0.25, 0.3) is 5.69 Å². The average molecular weight is 328 g/mol. The highest BCUT2D eigenvalue weighted by Crippen LogP contribution is 2.43. The van der Waals surface area contributed by atoms with Crippen molar-refractivity contribution in [1.82, 2.24) is 9.78 Å². The van der Waals surface area contributed by atoms with Crippen LogP contribution in [0.3, 0.4) is 0 Å². The Morgan fingerprint density at radius 3 is 2.83 bits per heavy atom. The first-order chi connectivity index (χ1) is 8.70. The monoisotopic (exact) mass is 326 g/mol. The van der Waals surface area contributed by atoms with E-state index >= 15 is 0 Å². The summed E-state index contributed by atoms with van der Waals surface area (Å²) in [4.78, 5) is 0. The Kier molecular flexibility index (Phi) is 3.18. The lowest BCUT2D eigenvalue weighted by Gasteiger charge is -2.03. The van der Waals surface area contributed by atoms with Gasteiger partial charge in [0.25, 0.3) is 0 Å². The number of hydrogen-bond acceptors (Lipinski definition) is 2. The van der Waals surface area contributed by atoms with Gasteiger partial charge in [0.05, 0.1) is 18.0 Å². The van der Waals surface area contributed by atoms with Crippen LogP contribution in [0, 0.1) is 0 Å². The lowest BCUT2D eigenvalue weighted by atomic mass is 10.2. The molecule has 0 amide bonds. The first kappa shape index (κ1) is 12.2. The molecule has 1 fully saturated rings. The van der Waals surface area contributed by atoms with Crippen molar-refractivity contribution in [3.05, 3.63) is 45.1 Å². The molecule has 1 aliphatic rings. The molecular formula is C13H12BrClN2O. The molecule has 2 aromatic rings. The molecule has 1 saturated carbocycles. The van der Waals surface area contributed by atoms with Crippen LogP contribution in [0.2, 0.25) is 5.15 Å². The lowest BCUT2D eigenvalue weighted by Crippen LogP contribution is -1.97. The molecule has 0 bridgehead atoms. The van der Waals surface area contributed by atoms with Crippen LogP contribution in [0.1, 0.15) is 30.0 Å². The smallest absolute Gasteiger partial charge is 0.138 e. The summed E-state index contributed by atoms with van der Waals surface area (Å²) in [7, 11) is 0. The number of nitrogens with zero attached hydrogens (tertiary/aromatic N) is 2. The minimum absolute atomic E-state index is 0.0569. The minimum atomic E-state index is -0.0569. The van der Waals surface area contributed by atoms with Crippen molar-refractivity contribution in [3.8, 4) is 5.69 Å². The highest BCUT2D eigenvalue weighted by molar-refractivity contribution is 9.10. The van der Waals surface area contributed by atoms with Crippen LogP contribution in [-0.2, 0) is 6.61 Å². The topological polar surface area (TPSA) is 38.1 Å². The van der Waals surface area contributed by atoms with E-state index in [1.54, 1.807) is 4.68 Å². The van der Waals surface area contributed by atoms with Crippen molar-refractivity contribution in [2.45, 2.75) is 25.4 Å². The highest BCUT2D eigenvalue weighted by Gasteiger charge is 2.31. The van der Waals surface area contributed by atoms with Gasteiger partial charge in [0.15, 0.2) is 0 Å². The molecule has 3 rings (SSSR count). The molecule has 0 saturated heterocycles. The molecule has 3 nitrogen and oxygen atoms in total. The molecule has 1 aliphatic carbocycles.